The molecule has 0 radical (unpaired) electrons. The molecule has 110 valence electrons. The number of para-hydroxylation sites is 1. The van der Waals surface area contributed by atoms with Crippen LogP contribution in [0, 0.1) is 6.92 Å². The van der Waals surface area contributed by atoms with E-state index in [0.717, 1.165) is 29.2 Å². The van der Waals surface area contributed by atoms with Crippen LogP contribution in [0.2, 0.25) is 0 Å². The van der Waals surface area contributed by atoms with Gasteiger partial charge in [0, 0.05) is 5.69 Å². The summed E-state index contributed by atoms with van der Waals surface area (Å²) in [6, 6.07) is 18.0. The Morgan fingerprint density at radius 3 is 2.55 bits per heavy atom. The van der Waals surface area contributed by atoms with Crippen molar-refractivity contribution in [3.8, 4) is 0 Å². The maximum absolute atomic E-state index is 12.3. The Kier molecular flexibility index (Phi) is 4.25. The van der Waals surface area contributed by atoms with E-state index in [4.69, 9.17) is 0 Å². The first-order valence-electron chi connectivity index (χ1n) is 6.96. The first kappa shape index (κ1) is 14.4. The molecule has 0 saturated carbocycles. The molecule has 0 bridgehead atoms. The third kappa shape index (κ3) is 3.20. The second-order valence-corrected chi connectivity index (χ2v) is 5.72. The number of benzene rings is 2. The average Bonchev–Trinajstić information content (AvgIpc) is 2.96. The Hall–Kier alpha value is -2.53. The van der Waals surface area contributed by atoms with E-state index in [9.17, 15) is 4.79 Å². The molecule has 1 amide bonds. The Bertz CT molecular complexity index is 783. The van der Waals surface area contributed by atoms with Crippen LogP contribution in [-0.2, 0) is 6.42 Å². The molecule has 4 nitrogen and oxygen atoms in total. The molecule has 0 saturated heterocycles. The molecule has 0 aliphatic rings. The largest absolute Gasteiger partial charge is 0.321 e. The highest BCUT2D eigenvalue weighted by atomic mass is 32.1. The minimum atomic E-state index is -0.159. The number of amides is 1. The van der Waals surface area contributed by atoms with Gasteiger partial charge in [-0.1, -0.05) is 53.0 Å². The molecule has 0 aliphatic heterocycles. The molecule has 0 aliphatic carbocycles. The second-order valence-electron chi connectivity index (χ2n) is 4.96. The average molecular weight is 309 g/mol. The number of aryl methyl sites for hydroxylation is 1. The van der Waals surface area contributed by atoms with E-state index < -0.39 is 0 Å². The lowest BCUT2D eigenvalue weighted by molar-refractivity contribution is 0.102. The number of aromatic nitrogens is 2. The summed E-state index contributed by atoms with van der Waals surface area (Å²) in [5.41, 5.74) is 3.77. The van der Waals surface area contributed by atoms with Gasteiger partial charge in [0.05, 0.1) is 5.69 Å². The lowest BCUT2D eigenvalue weighted by Crippen LogP contribution is -2.13. The summed E-state index contributed by atoms with van der Waals surface area (Å²) in [6.07, 6.45) is 0.775. The van der Waals surface area contributed by atoms with Crippen LogP contribution in [0.5, 0.6) is 0 Å². The smallest absolute Gasteiger partial charge is 0.269 e. The van der Waals surface area contributed by atoms with Crippen LogP contribution in [0.3, 0.4) is 0 Å². The zero-order valence-electron chi connectivity index (χ0n) is 12.1. The monoisotopic (exact) mass is 309 g/mol. The van der Waals surface area contributed by atoms with Crippen LogP contribution in [0.25, 0.3) is 0 Å². The normalized spacial score (nSPS) is 10.4. The first-order chi connectivity index (χ1) is 10.7. The predicted octanol–water partition coefficient (Wildman–Crippen LogP) is 3.69. The molecule has 1 heterocycles. The summed E-state index contributed by atoms with van der Waals surface area (Å²) < 4.78 is 3.81. The summed E-state index contributed by atoms with van der Waals surface area (Å²) in [5.74, 6) is -0.159. The van der Waals surface area contributed by atoms with E-state index in [1.54, 1.807) is 6.92 Å². The Morgan fingerprint density at radius 1 is 1.09 bits per heavy atom. The van der Waals surface area contributed by atoms with Crippen molar-refractivity contribution in [3.05, 3.63) is 76.3 Å². The Balaban J connectivity index is 1.83. The number of hydrogen-bond donors (Lipinski definition) is 1. The Labute approximate surface area is 133 Å². The van der Waals surface area contributed by atoms with Gasteiger partial charge in [-0.15, -0.1) is 5.10 Å². The third-order valence-corrected chi connectivity index (χ3v) is 4.19. The molecule has 22 heavy (non-hydrogen) atoms. The van der Waals surface area contributed by atoms with Gasteiger partial charge in [-0.05, 0) is 42.1 Å². The summed E-state index contributed by atoms with van der Waals surface area (Å²) in [7, 11) is 0. The zero-order valence-corrected chi connectivity index (χ0v) is 12.9. The molecular formula is C17H15N3OS. The van der Waals surface area contributed by atoms with Crippen molar-refractivity contribution < 1.29 is 4.79 Å². The molecule has 0 spiro atoms. The molecule has 1 aromatic heterocycles. The number of hydrogen-bond acceptors (Lipinski definition) is 4. The summed E-state index contributed by atoms with van der Waals surface area (Å²) in [6.45, 7) is 1.79. The highest BCUT2D eigenvalue weighted by Crippen LogP contribution is 2.21. The van der Waals surface area contributed by atoms with Crippen molar-refractivity contribution in [3.63, 3.8) is 0 Å². The fourth-order valence-corrected chi connectivity index (χ4v) is 2.78. The number of carbonyl (C=O) groups is 1. The maximum atomic E-state index is 12.3. The molecule has 5 heteroatoms. The molecule has 0 fully saturated rings. The standard InChI is InChI=1S/C17H15N3OS/c1-12-16(22-20-19-12)17(21)18-15-10-6-5-9-14(15)11-13-7-3-2-4-8-13/h2-10H,11H2,1H3,(H,18,21). The fourth-order valence-electron chi connectivity index (χ4n) is 2.23. The highest BCUT2D eigenvalue weighted by Gasteiger charge is 2.14. The first-order valence-corrected chi connectivity index (χ1v) is 7.73. The van der Waals surface area contributed by atoms with Crippen LogP contribution >= 0.6 is 11.5 Å². The minimum absolute atomic E-state index is 0.159. The lowest BCUT2D eigenvalue weighted by atomic mass is 10.0. The van der Waals surface area contributed by atoms with E-state index in [1.807, 2.05) is 42.5 Å². The molecule has 3 rings (SSSR count). The molecular weight excluding hydrogens is 294 g/mol. The summed E-state index contributed by atoms with van der Waals surface area (Å²) in [4.78, 5) is 12.9. The van der Waals surface area contributed by atoms with Gasteiger partial charge in [-0.3, -0.25) is 4.79 Å². The fraction of sp³-hybridized carbons (Fsp3) is 0.118. The number of anilines is 1. The zero-order chi connectivity index (χ0) is 15.4. The van der Waals surface area contributed by atoms with E-state index in [-0.39, 0.29) is 5.91 Å². The molecule has 2 aromatic carbocycles. The van der Waals surface area contributed by atoms with E-state index in [2.05, 4.69) is 27.0 Å². The second kappa shape index (κ2) is 6.49. The van der Waals surface area contributed by atoms with Gasteiger partial charge in [0.2, 0.25) is 0 Å². The van der Waals surface area contributed by atoms with Crippen molar-refractivity contribution in [2.24, 2.45) is 0 Å². The third-order valence-electron chi connectivity index (χ3n) is 3.36. The van der Waals surface area contributed by atoms with Gasteiger partial charge < -0.3 is 5.32 Å². The summed E-state index contributed by atoms with van der Waals surface area (Å²) in [5, 5.41) is 6.84. The van der Waals surface area contributed by atoms with Crippen molar-refractivity contribution in [1.82, 2.24) is 9.59 Å². The minimum Gasteiger partial charge on any atom is -0.321 e. The van der Waals surface area contributed by atoms with Crippen LogP contribution in [0.4, 0.5) is 5.69 Å². The van der Waals surface area contributed by atoms with Crippen LogP contribution in [0.1, 0.15) is 26.5 Å². The SMILES string of the molecule is Cc1nnsc1C(=O)Nc1ccccc1Cc1ccccc1. The molecule has 0 atom stereocenters. The van der Waals surface area contributed by atoms with Gasteiger partial charge >= 0.3 is 0 Å². The lowest BCUT2D eigenvalue weighted by Gasteiger charge is -2.10. The highest BCUT2D eigenvalue weighted by molar-refractivity contribution is 7.08. The van der Waals surface area contributed by atoms with Gasteiger partial charge in [-0.25, -0.2) is 0 Å². The number of carbonyl (C=O) groups excluding carboxylic acids is 1. The van der Waals surface area contributed by atoms with Crippen LogP contribution < -0.4 is 5.32 Å². The van der Waals surface area contributed by atoms with Crippen molar-refractivity contribution in [2.75, 3.05) is 5.32 Å². The molecule has 3 aromatic rings. The molecule has 1 N–H and O–H groups in total. The number of rotatable bonds is 4. The quantitative estimate of drug-likeness (QED) is 0.799. The van der Waals surface area contributed by atoms with Crippen molar-refractivity contribution in [1.29, 1.82) is 0 Å². The molecule has 0 unspecified atom stereocenters. The van der Waals surface area contributed by atoms with E-state index in [0.29, 0.717) is 10.6 Å². The van der Waals surface area contributed by atoms with Crippen LogP contribution in [0.15, 0.2) is 54.6 Å². The van der Waals surface area contributed by atoms with E-state index >= 15 is 0 Å². The topological polar surface area (TPSA) is 54.9 Å². The van der Waals surface area contributed by atoms with E-state index in [1.165, 1.54) is 5.56 Å². The van der Waals surface area contributed by atoms with Gasteiger partial charge in [0.15, 0.2) is 0 Å². The Morgan fingerprint density at radius 2 is 1.82 bits per heavy atom. The van der Waals surface area contributed by atoms with Crippen molar-refractivity contribution in [2.45, 2.75) is 13.3 Å². The maximum Gasteiger partial charge on any atom is 0.269 e. The predicted molar refractivity (Wildman–Crippen MR) is 88.3 cm³/mol. The summed E-state index contributed by atoms with van der Waals surface area (Å²) >= 11 is 1.11. The number of nitrogens with one attached hydrogen (secondary N) is 1. The van der Waals surface area contributed by atoms with Gasteiger partial charge in [0.1, 0.15) is 4.88 Å². The van der Waals surface area contributed by atoms with Gasteiger partial charge in [0.25, 0.3) is 5.91 Å². The number of nitrogens with zero attached hydrogens (tertiary/aromatic N) is 2. The van der Waals surface area contributed by atoms with Crippen molar-refractivity contribution >= 4 is 23.1 Å². The van der Waals surface area contributed by atoms with Crippen LogP contribution in [-0.4, -0.2) is 15.5 Å². The van der Waals surface area contributed by atoms with Gasteiger partial charge in [-0.2, -0.15) is 0 Å².